The Hall–Kier alpha value is -1.83. The minimum atomic E-state index is -1.39. The molecule has 3 rings (SSSR count). The van der Waals surface area contributed by atoms with E-state index in [0.29, 0.717) is 35.8 Å². The zero-order chi connectivity index (χ0) is 22.6. The highest BCUT2D eigenvalue weighted by Gasteiger charge is 2.54. The predicted octanol–water partition coefficient (Wildman–Crippen LogP) is 3.54. The molecule has 5 unspecified atom stereocenters. The third-order valence-corrected chi connectivity index (χ3v) is 6.87. The van der Waals surface area contributed by atoms with Crippen molar-refractivity contribution in [3.05, 3.63) is 28.8 Å². The van der Waals surface area contributed by atoms with E-state index in [-0.39, 0.29) is 12.5 Å². The third-order valence-electron chi connectivity index (χ3n) is 6.63. The number of fused-ring (bicyclic) bond motifs is 2. The minimum absolute atomic E-state index is 0.222. The molecule has 8 heteroatoms. The topological polar surface area (TPSA) is 111 Å². The Labute approximate surface area is 188 Å². The van der Waals surface area contributed by atoms with Gasteiger partial charge in [-0.25, -0.2) is 0 Å². The van der Waals surface area contributed by atoms with Crippen molar-refractivity contribution < 1.29 is 24.2 Å². The normalized spacial score (nSPS) is 26.7. The van der Waals surface area contributed by atoms with Crippen molar-refractivity contribution in [3.63, 3.8) is 0 Å². The van der Waals surface area contributed by atoms with Crippen LogP contribution in [0.25, 0.3) is 0 Å². The van der Waals surface area contributed by atoms with Crippen LogP contribution in [0.15, 0.2) is 18.2 Å². The van der Waals surface area contributed by atoms with E-state index in [0.717, 1.165) is 25.7 Å². The predicted molar refractivity (Wildman–Crippen MR) is 118 cm³/mol. The number of aliphatic carboxylic acids is 1. The standard InChI is InChI=1S/C23H33ClN2O5/c1-3-5-6-14(4-2)13-30-22(29)20(21(27)28)19-16-11-15(24)7-8-18(16)31-23(25)9-10-26-12-17(19)23/h7-8,11,14,17,19-20,26H,3-6,9-10,12-13,25H2,1-2H3,(H,27,28). The van der Waals surface area contributed by atoms with Crippen molar-refractivity contribution in [2.75, 3.05) is 19.7 Å². The second-order valence-electron chi connectivity index (χ2n) is 8.69. The molecule has 0 aromatic heterocycles. The number of carbonyl (C=O) groups is 2. The maximum atomic E-state index is 13.1. The van der Waals surface area contributed by atoms with Crippen LogP contribution < -0.4 is 15.8 Å². The molecule has 0 aliphatic carbocycles. The summed E-state index contributed by atoms with van der Waals surface area (Å²) >= 11 is 6.22. The Morgan fingerprint density at radius 2 is 2.19 bits per heavy atom. The summed E-state index contributed by atoms with van der Waals surface area (Å²) in [5.74, 6) is -3.77. The van der Waals surface area contributed by atoms with Crippen molar-refractivity contribution in [3.8, 4) is 5.75 Å². The third kappa shape index (κ3) is 5.16. The number of carboxylic acids is 1. The number of piperidine rings is 1. The van der Waals surface area contributed by atoms with Gasteiger partial charge in [0.1, 0.15) is 5.75 Å². The largest absolute Gasteiger partial charge is 0.481 e. The van der Waals surface area contributed by atoms with Gasteiger partial charge in [-0.1, -0.05) is 44.7 Å². The number of halogens is 1. The number of benzene rings is 1. The Bertz CT molecular complexity index is 804. The molecule has 0 bridgehead atoms. The van der Waals surface area contributed by atoms with E-state index in [4.69, 9.17) is 26.8 Å². The molecular formula is C23H33ClN2O5. The first-order chi connectivity index (χ1) is 14.8. The fraction of sp³-hybridized carbons (Fsp3) is 0.652. The quantitative estimate of drug-likeness (QED) is 0.388. The van der Waals surface area contributed by atoms with Crippen LogP contribution in [-0.2, 0) is 14.3 Å². The van der Waals surface area contributed by atoms with Gasteiger partial charge in [-0.05, 0) is 30.5 Å². The summed E-state index contributed by atoms with van der Waals surface area (Å²) in [6.45, 7) is 5.49. The Balaban J connectivity index is 1.92. The van der Waals surface area contributed by atoms with Crippen molar-refractivity contribution >= 4 is 23.5 Å². The van der Waals surface area contributed by atoms with Crippen LogP contribution in [0.1, 0.15) is 57.4 Å². The molecule has 1 fully saturated rings. The molecule has 2 aliphatic rings. The number of unbranched alkanes of at least 4 members (excludes halogenated alkanes) is 1. The molecule has 5 atom stereocenters. The SMILES string of the molecule is CCCCC(CC)COC(=O)C(C(=O)O)C1c2cc(Cl)ccc2OC2(N)CCNCC12. The number of hydrogen-bond donors (Lipinski definition) is 3. The average Bonchev–Trinajstić information content (AvgIpc) is 2.73. The highest BCUT2D eigenvalue weighted by Crippen LogP contribution is 2.49. The summed E-state index contributed by atoms with van der Waals surface area (Å²) in [5, 5.41) is 13.8. The molecule has 2 heterocycles. The molecule has 1 aromatic carbocycles. The molecule has 1 aromatic rings. The van der Waals surface area contributed by atoms with Crippen LogP contribution in [0.3, 0.4) is 0 Å². The molecule has 172 valence electrons. The fourth-order valence-corrected chi connectivity index (χ4v) is 4.93. The van der Waals surface area contributed by atoms with E-state index in [2.05, 4.69) is 19.2 Å². The van der Waals surface area contributed by atoms with Crippen LogP contribution in [0.2, 0.25) is 5.02 Å². The number of carbonyl (C=O) groups excluding carboxylic acids is 1. The van der Waals surface area contributed by atoms with Crippen molar-refractivity contribution in [1.82, 2.24) is 5.32 Å². The van der Waals surface area contributed by atoms with Gasteiger partial charge in [-0.15, -0.1) is 0 Å². The molecule has 0 radical (unpaired) electrons. The summed E-state index contributed by atoms with van der Waals surface area (Å²) in [6, 6.07) is 5.05. The Morgan fingerprint density at radius 3 is 2.87 bits per heavy atom. The van der Waals surface area contributed by atoms with Gasteiger partial charge in [0.25, 0.3) is 0 Å². The smallest absolute Gasteiger partial charge is 0.320 e. The monoisotopic (exact) mass is 452 g/mol. The lowest BCUT2D eigenvalue weighted by atomic mass is 9.68. The second kappa shape index (κ2) is 10.2. The van der Waals surface area contributed by atoms with E-state index in [1.165, 1.54) is 0 Å². The van der Waals surface area contributed by atoms with Crippen molar-refractivity contribution in [2.24, 2.45) is 23.5 Å². The van der Waals surface area contributed by atoms with E-state index in [1.807, 2.05) is 0 Å². The van der Waals surface area contributed by atoms with Crippen LogP contribution >= 0.6 is 11.6 Å². The average molecular weight is 453 g/mol. The lowest BCUT2D eigenvalue weighted by Gasteiger charge is -2.50. The first-order valence-electron chi connectivity index (χ1n) is 11.2. The highest BCUT2D eigenvalue weighted by molar-refractivity contribution is 6.30. The first-order valence-corrected chi connectivity index (χ1v) is 11.6. The maximum Gasteiger partial charge on any atom is 0.320 e. The molecule has 0 saturated carbocycles. The second-order valence-corrected chi connectivity index (χ2v) is 9.12. The van der Waals surface area contributed by atoms with Crippen molar-refractivity contribution in [1.29, 1.82) is 0 Å². The summed E-state index contributed by atoms with van der Waals surface area (Å²) in [6.07, 6.45) is 4.45. The number of rotatable bonds is 9. The number of ether oxygens (including phenoxy) is 2. The highest BCUT2D eigenvalue weighted by atomic mass is 35.5. The number of nitrogens with two attached hydrogens (primary N) is 1. The minimum Gasteiger partial charge on any atom is -0.481 e. The van der Waals surface area contributed by atoms with Gasteiger partial charge in [0.05, 0.1) is 6.61 Å². The van der Waals surface area contributed by atoms with Gasteiger partial charge in [-0.3, -0.25) is 15.3 Å². The number of hydrogen-bond acceptors (Lipinski definition) is 6. The first kappa shape index (κ1) is 23.8. The van der Waals surface area contributed by atoms with Gasteiger partial charge < -0.3 is 19.9 Å². The molecule has 4 N–H and O–H groups in total. The summed E-state index contributed by atoms with van der Waals surface area (Å²) in [7, 11) is 0. The summed E-state index contributed by atoms with van der Waals surface area (Å²) < 4.78 is 11.7. The van der Waals surface area contributed by atoms with Gasteiger partial charge in [-0.2, -0.15) is 0 Å². The van der Waals surface area contributed by atoms with Gasteiger partial charge in [0.2, 0.25) is 0 Å². The molecule has 1 saturated heterocycles. The molecule has 2 aliphatic heterocycles. The van der Waals surface area contributed by atoms with Crippen LogP contribution in [0, 0.1) is 17.8 Å². The molecule has 7 nitrogen and oxygen atoms in total. The lowest BCUT2D eigenvalue weighted by molar-refractivity contribution is -0.164. The summed E-state index contributed by atoms with van der Waals surface area (Å²) in [5.41, 5.74) is 6.13. The number of carboxylic acid groups (broad SMARTS) is 1. The lowest BCUT2D eigenvalue weighted by Crippen LogP contribution is -2.64. The van der Waals surface area contributed by atoms with Gasteiger partial charge in [0.15, 0.2) is 11.6 Å². The van der Waals surface area contributed by atoms with Crippen LogP contribution in [0.5, 0.6) is 5.75 Å². The van der Waals surface area contributed by atoms with E-state index in [9.17, 15) is 14.7 Å². The van der Waals surface area contributed by atoms with E-state index >= 15 is 0 Å². The van der Waals surface area contributed by atoms with Crippen molar-refractivity contribution in [2.45, 2.75) is 57.6 Å². The maximum absolute atomic E-state index is 13.1. The zero-order valence-corrected chi connectivity index (χ0v) is 19.0. The summed E-state index contributed by atoms with van der Waals surface area (Å²) in [4.78, 5) is 25.5. The molecule has 0 amide bonds. The van der Waals surface area contributed by atoms with E-state index < -0.39 is 35.4 Å². The van der Waals surface area contributed by atoms with E-state index in [1.54, 1.807) is 18.2 Å². The van der Waals surface area contributed by atoms with Crippen LogP contribution in [-0.4, -0.2) is 42.5 Å². The van der Waals surface area contributed by atoms with Crippen LogP contribution in [0.4, 0.5) is 0 Å². The Morgan fingerprint density at radius 1 is 1.42 bits per heavy atom. The molecular weight excluding hydrogens is 420 g/mol. The Kier molecular flexibility index (Phi) is 7.83. The van der Waals surface area contributed by atoms with Gasteiger partial charge in [0, 0.05) is 41.9 Å². The molecule has 0 spiro atoms. The fourth-order valence-electron chi connectivity index (χ4n) is 4.75. The van der Waals surface area contributed by atoms with Gasteiger partial charge >= 0.3 is 11.9 Å². The zero-order valence-electron chi connectivity index (χ0n) is 18.2. The number of esters is 1. The molecule has 31 heavy (non-hydrogen) atoms. The number of nitrogens with one attached hydrogen (secondary N) is 1.